The molecule has 0 fully saturated rings. The van der Waals surface area contributed by atoms with E-state index in [1.165, 1.54) is 12.8 Å². The molecule has 0 rings (SSSR count). The highest BCUT2D eigenvalue weighted by Crippen LogP contribution is 2.21. The highest BCUT2D eigenvalue weighted by Gasteiger charge is 2.38. The zero-order valence-corrected chi connectivity index (χ0v) is 42.4. The van der Waals surface area contributed by atoms with Gasteiger partial charge in [0.2, 0.25) is 0 Å². The third-order valence-corrected chi connectivity index (χ3v) is 9.74. The summed E-state index contributed by atoms with van der Waals surface area (Å²) in [6.07, 6.45) is 37.8. The quantitative estimate of drug-likeness (QED) is 0.0136. The van der Waals surface area contributed by atoms with Crippen LogP contribution < -0.4 is 0 Å². The maximum Gasteiger partial charge on any atom is 0.374 e. The minimum atomic E-state index is -3.64. The first-order valence-corrected chi connectivity index (χ1v) is 25.3. The molecule has 69 heavy (non-hydrogen) atoms. The van der Waals surface area contributed by atoms with Gasteiger partial charge in [0.25, 0.3) is 0 Å². The van der Waals surface area contributed by atoms with Crippen molar-refractivity contribution >= 4 is 24.5 Å². The first-order chi connectivity index (χ1) is 33.0. The van der Waals surface area contributed by atoms with Crippen LogP contribution in [0.2, 0.25) is 0 Å². The molecule has 0 radical (unpaired) electrons. The molecule has 0 saturated heterocycles. The van der Waals surface area contributed by atoms with Crippen molar-refractivity contribution < 1.29 is 62.3 Å². The van der Waals surface area contributed by atoms with Crippen LogP contribution in [0.4, 0.5) is 17.6 Å². The summed E-state index contributed by atoms with van der Waals surface area (Å²) in [5.74, 6) is 5.69. The predicted octanol–water partition coefficient (Wildman–Crippen LogP) is 13.5. The maximum absolute atomic E-state index is 12.8. The van der Waals surface area contributed by atoms with Crippen LogP contribution in [0.3, 0.4) is 0 Å². The molecular formula is C56H88F4O9. The van der Waals surface area contributed by atoms with Gasteiger partial charge in [-0.05, 0) is 134 Å². The monoisotopic (exact) mass is 981 g/mol. The molecule has 0 heterocycles. The second-order valence-corrected chi connectivity index (χ2v) is 16.4. The lowest BCUT2D eigenvalue weighted by molar-refractivity contribution is -0.166. The molecule has 0 aliphatic heterocycles. The van der Waals surface area contributed by atoms with Crippen molar-refractivity contribution in [1.82, 2.24) is 0 Å². The molecule has 0 spiro atoms. The van der Waals surface area contributed by atoms with Crippen LogP contribution in [0.25, 0.3) is 0 Å². The van der Waals surface area contributed by atoms with Gasteiger partial charge in [-0.15, -0.1) is 0 Å². The van der Waals surface area contributed by atoms with Crippen LogP contribution in [-0.4, -0.2) is 80.2 Å². The van der Waals surface area contributed by atoms with E-state index in [1.54, 1.807) is 31.2 Å². The number of rotatable bonds is 35. The van der Waals surface area contributed by atoms with Crippen molar-refractivity contribution in [3.05, 3.63) is 48.6 Å². The Balaban J connectivity index is -0.000000427. The summed E-state index contributed by atoms with van der Waals surface area (Å²) >= 11 is 0. The second-order valence-electron chi connectivity index (χ2n) is 16.4. The van der Waals surface area contributed by atoms with E-state index < -0.39 is 54.9 Å². The van der Waals surface area contributed by atoms with Gasteiger partial charge in [-0.1, -0.05) is 139 Å². The Kier molecular flexibility index (Phi) is 56.1. The zero-order chi connectivity index (χ0) is 52.7. The number of hydrogen-bond acceptors (Lipinski definition) is 7. The van der Waals surface area contributed by atoms with Crippen molar-refractivity contribution in [2.75, 3.05) is 0 Å². The summed E-state index contributed by atoms with van der Waals surface area (Å²) < 4.78 is 49.8. The summed E-state index contributed by atoms with van der Waals surface area (Å²) in [6, 6.07) is 0. The van der Waals surface area contributed by atoms with E-state index in [4.69, 9.17) is 10.2 Å². The standard InChI is InChI=1S/C20H30F2O3.2C15H24O2.C6H10F2O2/c1-2-3-12-15-18(23)16-13-10-8-6-4-5-7-9-11-14-17-20(21,22)19(24)25;2*1-2-3-9-12-15(17)13-10-7-5-4-6-8-11-14-16;1-2-3-4-6(7,8)5(9)10/h8-11,18,23H,2-7,12,14-15,17H2,1H3,(H,24,25);2*5,7,14-15,17H,2-4,6,8-9,11-12H2,1H3;2-4H2,1H3,(H,9,10)/b10-8-,11-9-;2*7-5-;. The van der Waals surface area contributed by atoms with Crippen LogP contribution in [0.5, 0.6) is 0 Å². The van der Waals surface area contributed by atoms with Crippen LogP contribution in [-0.2, 0) is 19.2 Å². The molecule has 5 N–H and O–H groups in total. The summed E-state index contributed by atoms with van der Waals surface area (Å²) in [6.45, 7) is 8.14. The number of aliphatic hydroxyl groups is 3. The molecule has 0 aliphatic rings. The summed E-state index contributed by atoms with van der Waals surface area (Å²) in [7, 11) is 0. The fourth-order valence-electron chi connectivity index (χ4n) is 5.46. The highest BCUT2D eigenvalue weighted by atomic mass is 19.3. The Labute approximate surface area is 413 Å². The van der Waals surface area contributed by atoms with Crippen LogP contribution in [0.1, 0.15) is 214 Å². The van der Waals surface area contributed by atoms with Gasteiger partial charge in [0.15, 0.2) is 0 Å². The SMILES string of the molecule is CCCCC(F)(F)C(=O)O.CCCCCC(O)C#C/C=C\CCCC/C=C\CCC(F)(F)C(=O)O.CCCCCC(O)C#C/C=C\CCCCC=O.CCCCCC(O)C#C/C=C\CCCCC=O. The molecule has 0 aromatic rings. The van der Waals surface area contributed by atoms with Crippen LogP contribution in [0, 0.1) is 35.5 Å². The molecule has 0 saturated carbocycles. The number of carbonyl (C=O) groups excluding carboxylic acids is 2. The minimum Gasteiger partial charge on any atom is -0.477 e. The smallest absolute Gasteiger partial charge is 0.374 e. The molecule has 0 aromatic carbocycles. The molecule has 3 atom stereocenters. The van der Waals surface area contributed by atoms with E-state index >= 15 is 0 Å². The number of aliphatic carboxylic acids is 2. The molecule has 0 bridgehead atoms. The van der Waals surface area contributed by atoms with Gasteiger partial charge >= 0.3 is 23.8 Å². The lowest BCUT2D eigenvalue weighted by Crippen LogP contribution is -2.27. The average molecular weight is 981 g/mol. The van der Waals surface area contributed by atoms with E-state index in [2.05, 4.69) is 56.3 Å². The number of aldehydes is 2. The number of aliphatic hydroxyl groups excluding tert-OH is 3. The number of carboxylic acid groups (broad SMARTS) is 2. The van der Waals surface area contributed by atoms with E-state index in [0.717, 1.165) is 141 Å². The number of hydrogen-bond donors (Lipinski definition) is 5. The topological polar surface area (TPSA) is 169 Å². The van der Waals surface area contributed by atoms with Crippen LogP contribution in [0.15, 0.2) is 48.6 Å². The maximum atomic E-state index is 12.8. The summed E-state index contributed by atoms with van der Waals surface area (Å²) in [5, 5.41) is 44.8. The molecule has 9 nitrogen and oxygen atoms in total. The normalized spacial score (nSPS) is 12.4. The number of halogens is 4. The van der Waals surface area contributed by atoms with Gasteiger partial charge in [-0.3, -0.25) is 0 Å². The van der Waals surface area contributed by atoms with E-state index in [0.29, 0.717) is 19.3 Å². The van der Waals surface area contributed by atoms with Crippen molar-refractivity contribution in [2.24, 2.45) is 0 Å². The number of alkyl halides is 4. The van der Waals surface area contributed by atoms with Crippen molar-refractivity contribution in [3.63, 3.8) is 0 Å². The second kappa shape index (κ2) is 54.5. The zero-order valence-electron chi connectivity index (χ0n) is 42.4. The third kappa shape index (κ3) is 59.6. The summed E-state index contributed by atoms with van der Waals surface area (Å²) in [4.78, 5) is 40.1. The Morgan fingerprint density at radius 1 is 0.420 bits per heavy atom. The molecule has 394 valence electrons. The molecule has 0 amide bonds. The largest absolute Gasteiger partial charge is 0.477 e. The molecular weight excluding hydrogens is 893 g/mol. The Morgan fingerprint density at radius 2 is 0.710 bits per heavy atom. The minimum absolute atomic E-state index is 0.0649. The van der Waals surface area contributed by atoms with Gasteiger partial charge in [-0.25, -0.2) is 9.59 Å². The fraction of sp³-hybridized carbons (Fsp3) is 0.679. The van der Waals surface area contributed by atoms with Crippen molar-refractivity contribution in [1.29, 1.82) is 0 Å². The van der Waals surface area contributed by atoms with Crippen molar-refractivity contribution in [3.8, 4) is 35.5 Å². The van der Waals surface area contributed by atoms with Gasteiger partial charge in [0.1, 0.15) is 30.9 Å². The number of allylic oxidation sites excluding steroid dienone is 8. The Hall–Kier alpha value is -4.48. The van der Waals surface area contributed by atoms with Gasteiger partial charge in [-0.2, -0.15) is 17.6 Å². The molecule has 13 heteroatoms. The lowest BCUT2D eigenvalue weighted by Gasteiger charge is -2.08. The first kappa shape index (κ1) is 71.1. The fourth-order valence-corrected chi connectivity index (χ4v) is 5.46. The van der Waals surface area contributed by atoms with E-state index in [1.807, 2.05) is 24.3 Å². The predicted molar refractivity (Wildman–Crippen MR) is 272 cm³/mol. The molecule has 3 unspecified atom stereocenters. The summed E-state index contributed by atoms with van der Waals surface area (Å²) in [5.41, 5.74) is 0. The number of carbonyl (C=O) groups is 4. The van der Waals surface area contributed by atoms with Gasteiger partial charge in [0.05, 0.1) is 0 Å². The number of unbranched alkanes of at least 4 members (excludes halogenated alkanes) is 16. The molecule has 0 aliphatic carbocycles. The van der Waals surface area contributed by atoms with Crippen LogP contribution >= 0.6 is 0 Å². The first-order valence-electron chi connectivity index (χ1n) is 25.3. The van der Waals surface area contributed by atoms with E-state index in [9.17, 15) is 52.1 Å². The molecule has 0 aromatic heterocycles. The Bertz CT molecular complexity index is 1500. The van der Waals surface area contributed by atoms with Crippen molar-refractivity contribution in [2.45, 2.75) is 244 Å². The Morgan fingerprint density at radius 3 is 1.01 bits per heavy atom. The van der Waals surface area contributed by atoms with Gasteiger partial charge in [0, 0.05) is 25.7 Å². The highest BCUT2D eigenvalue weighted by molar-refractivity contribution is 5.75. The average Bonchev–Trinajstić information content (AvgIpc) is 3.31. The van der Waals surface area contributed by atoms with E-state index in [-0.39, 0.29) is 12.8 Å². The number of carboxylic acids is 2. The third-order valence-electron chi connectivity index (χ3n) is 9.74. The lowest BCUT2D eigenvalue weighted by atomic mass is 10.1. The van der Waals surface area contributed by atoms with Gasteiger partial charge < -0.3 is 35.1 Å².